The normalized spacial score (nSPS) is 20.3. The summed E-state index contributed by atoms with van der Waals surface area (Å²) in [4.78, 5) is 13.1. The summed E-state index contributed by atoms with van der Waals surface area (Å²) in [6.45, 7) is 2.79. The number of phenolic OH excluding ortho intramolecular Hbond substituents is 1. The van der Waals surface area contributed by atoms with Gasteiger partial charge in [0, 0.05) is 32.0 Å². The molecule has 0 aliphatic carbocycles. The average Bonchev–Trinajstić information content (AvgIpc) is 3.05. The Labute approximate surface area is 160 Å². The lowest BCUT2D eigenvalue weighted by molar-refractivity contribution is -0.136. The first-order chi connectivity index (χ1) is 13.1. The number of aromatic hydroxyl groups is 1. The standard InChI is InChI=1S/C23H27NO3/c25-22-13-8-7-12-20(22)21-17-24(15-18-9-3-1-4-10-18)16-19(21)11-5-2-6-14-23(26)27/h1-5,7-10,12-13,19,21,25H,6,11,14-17H2,(H,26,27)/b5-2-/t19-,21+/m1/s1. The summed E-state index contributed by atoms with van der Waals surface area (Å²) < 4.78 is 0. The fourth-order valence-corrected chi connectivity index (χ4v) is 3.92. The maximum atomic E-state index is 10.6. The van der Waals surface area contributed by atoms with Crippen LogP contribution in [-0.2, 0) is 11.3 Å². The van der Waals surface area contributed by atoms with E-state index < -0.39 is 5.97 Å². The summed E-state index contributed by atoms with van der Waals surface area (Å²) in [6.07, 6.45) is 5.70. The molecule has 4 nitrogen and oxygen atoms in total. The molecular weight excluding hydrogens is 338 g/mol. The number of nitrogens with zero attached hydrogens (tertiary/aromatic N) is 1. The number of carbonyl (C=O) groups is 1. The van der Waals surface area contributed by atoms with E-state index in [4.69, 9.17) is 5.11 Å². The molecule has 4 heteroatoms. The molecule has 27 heavy (non-hydrogen) atoms. The Balaban J connectivity index is 1.69. The lowest BCUT2D eigenvalue weighted by atomic mass is 9.86. The predicted octanol–water partition coefficient (Wildman–Crippen LogP) is 4.42. The lowest BCUT2D eigenvalue weighted by Crippen LogP contribution is -2.20. The summed E-state index contributed by atoms with van der Waals surface area (Å²) in [5, 5.41) is 19.1. The molecule has 2 N–H and O–H groups in total. The van der Waals surface area contributed by atoms with Gasteiger partial charge < -0.3 is 10.2 Å². The number of allylic oxidation sites excluding steroid dienone is 2. The molecule has 3 rings (SSSR count). The maximum absolute atomic E-state index is 10.6. The number of carboxylic acid groups (broad SMARTS) is 1. The summed E-state index contributed by atoms with van der Waals surface area (Å²) in [5.41, 5.74) is 2.31. The van der Waals surface area contributed by atoms with Crippen LogP contribution in [0.1, 0.15) is 36.3 Å². The third kappa shape index (κ3) is 5.44. The highest BCUT2D eigenvalue weighted by molar-refractivity contribution is 5.66. The van der Waals surface area contributed by atoms with Crippen LogP contribution in [0.15, 0.2) is 66.7 Å². The number of phenols is 1. The van der Waals surface area contributed by atoms with Gasteiger partial charge in [0.1, 0.15) is 5.75 Å². The van der Waals surface area contributed by atoms with E-state index in [0.29, 0.717) is 18.1 Å². The van der Waals surface area contributed by atoms with Crippen LogP contribution in [0.25, 0.3) is 0 Å². The van der Waals surface area contributed by atoms with Crippen molar-refractivity contribution in [2.75, 3.05) is 13.1 Å². The number of carboxylic acids is 1. The van der Waals surface area contributed by atoms with Crippen molar-refractivity contribution in [2.24, 2.45) is 5.92 Å². The number of para-hydroxylation sites is 1. The highest BCUT2D eigenvalue weighted by Gasteiger charge is 2.34. The van der Waals surface area contributed by atoms with Gasteiger partial charge in [0.05, 0.1) is 0 Å². The monoisotopic (exact) mass is 365 g/mol. The van der Waals surface area contributed by atoms with Crippen molar-refractivity contribution >= 4 is 5.97 Å². The molecule has 0 aromatic heterocycles. The van der Waals surface area contributed by atoms with E-state index in [9.17, 15) is 9.90 Å². The van der Waals surface area contributed by atoms with Gasteiger partial charge in [-0.3, -0.25) is 9.69 Å². The Morgan fingerprint density at radius 3 is 2.52 bits per heavy atom. The van der Waals surface area contributed by atoms with Crippen LogP contribution in [0, 0.1) is 5.92 Å². The van der Waals surface area contributed by atoms with Crippen LogP contribution in [0.2, 0.25) is 0 Å². The Bertz CT molecular complexity index is 772. The van der Waals surface area contributed by atoms with Crippen molar-refractivity contribution < 1.29 is 15.0 Å². The van der Waals surface area contributed by atoms with E-state index in [2.05, 4.69) is 35.2 Å². The zero-order valence-corrected chi connectivity index (χ0v) is 15.5. The minimum Gasteiger partial charge on any atom is -0.508 e. The lowest BCUT2D eigenvalue weighted by Gasteiger charge is -2.18. The Hall–Kier alpha value is -2.59. The molecule has 0 saturated carbocycles. The highest BCUT2D eigenvalue weighted by atomic mass is 16.4. The molecule has 0 bridgehead atoms. The van der Waals surface area contributed by atoms with E-state index in [-0.39, 0.29) is 12.3 Å². The van der Waals surface area contributed by atoms with E-state index in [0.717, 1.165) is 31.6 Å². The largest absolute Gasteiger partial charge is 0.508 e. The molecule has 2 aromatic rings. The van der Waals surface area contributed by atoms with Crippen molar-refractivity contribution in [3.63, 3.8) is 0 Å². The van der Waals surface area contributed by atoms with Gasteiger partial charge in [0.15, 0.2) is 0 Å². The Morgan fingerprint density at radius 2 is 1.78 bits per heavy atom. The summed E-state index contributed by atoms with van der Waals surface area (Å²) in [5.74, 6) is 0.285. The van der Waals surface area contributed by atoms with E-state index in [1.807, 2.05) is 30.3 Å². The minimum absolute atomic E-state index is 0.171. The number of hydrogen-bond donors (Lipinski definition) is 2. The zero-order valence-electron chi connectivity index (χ0n) is 15.5. The van der Waals surface area contributed by atoms with Gasteiger partial charge >= 0.3 is 5.97 Å². The molecule has 1 fully saturated rings. The molecule has 2 atom stereocenters. The fraction of sp³-hybridized carbons (Fsp3) is 0.348. The molecule has 1 aliphatic heterocycles. The average molecular weight is 365 g/mol. The predicted molar refractivity (Wildman–Crippen MR) is 107 cm³/mol. The van der Waals surface area contributed by atoms with E-state index >= 15 is 0 Å². The van der Waals surface area contributed by atoms with Crippen molar-refractivity contribution in [1.29, 1.82) is 0 Å². The number of aliphatic carboxylic acids is 1. The van der Waals surface area contributed by atoms with Crippen molar-refractivity contribution in [3.8, 4) is 5.75 Å². The van der Waals surface area contributed by atoms with Crippen LogP contribution < -0.4 is 0 Å². The molecule has 1 aliphatic rings. The number of benzene rings is 2. The molecule has 0 spiro atoms. The van der Waals surface area contributed by atoms with Crippen LogP contribution in [0.3, 0.4) is 0 Å². The van der Waals surface area contributed by atoms with Gasteiger partial charge in [0.2, 0.25) is 0 Å². The Morgan fingerprint density at radius 1 is 1.04 bits per heavy atom. The number of hydrogen-bond acceptors (Lipinski definition) is 3. The second kappa shape index (κ2) is 9.38. The summed E-state index contributed by atoms with van der Waals surface area (Å²) in [6, 6.07) is 18.1. The van der Waals surface area contributed by atoms with E-state index in [1.54, 1.807) is 6.07 Å². The van der Waals surface area contributed by atoms with Gasteiger partial charge in [-0.05, 0) is 36.0 Å². The third-order valence-corrected chi connectivity index (χ3v) is 5.23. The zero-order chi connectivity index (χ0) is 19.1. The van der Waals surface area contributed by atoms with Crippen molar-refractivity contribution in [3.05, 3.63) is 77.9 Å². The second-order valence-corrected chi connectivity index (χ2v) is 7.24. The molecule has 0 amide bonds. The smallest absolute Gasteiger partial charge is 0.303 e. The quantitative estimate of drug-likeness (QED) is 0.680. The molecule has 0 radical (unpaired) electrons. The molecular formula is C23H27NO3. The van der Waals surface area contributed by atoms with Crippen molar-refractivity contribution in [1.82, 2.24) is 4.90 Å². The van der Waals surface area contributed by atoms with Gasteiger partial charge in [-0.15, -0.1) is 0 Å². The fourth-order valence-electron chi connectivity index (χ4n) is 3.92. The van der Waals surface area contributed by atoms with Gasteiger partial charge in [-0.25, -0.2) is 0 Å². The maximum Gasteiger partial charge on any atom is 0.303 e. The van der Waals surface area contributed by atoms with Crippen LogP contribution >= 0.6 is 0 Å². The van der Waals surface area contributed by atoms with Gasteiger partial charge in [-0.2, -0.15) is 0 Å². The summed E-state index contributed by atoms with van der Waals surface area (Å²) >= 11 is 0. The number of rotatable bonds is 8. The molecule has 2 aromatic carbocycles. The van der Waals surface area contributed by atoms with Crippen LogP contribution in [0.5, 0.6) is 5.75 Å². The molecule has 142 valence electrons. The topological polar surface area (TPSA) is 60.8 Å². The first-order valence-electron chi connectivity index (χ1n) is 9.54. The van der Waals surface area contributed by atoms with Crippen LogP contribution in [-0.4, -0.2) is 34.2 Å². The molecule has 1 heterocycles. The first kappa shape index (κ1) is 19.2. The SMILES string of the molecule is O=C(O)CC/C=C\C[C@@H]1CN(Cc2ccccc2)C[C@@H]1c1ccccc1O. The van der Waals surface area contributed by atoms with Gasteiger partial charge in [0.25, 0.3) is 0 Å². The number of likely N-dealkylation sites (tertiary alicyclic amines) is 1. The van der Waals surface area contributed by atoms with Crippen molar-refractivity contribution in [2.45, 2.75) is 31.7 Å². The molecule has 0 unspecified atom stereocenters. The molecule has 1 saturated heterocycles. The third-order valence-electron chi connectivity index (χ3n) is 5.23. The highest BCUT2D eigenvalue weighted by Crippen LogP contribution is 2.39. The van der Waals surface area contributed by atoms with E-state index in [1.165, 1.54) is 5.56 Å². The minimum atomic E-state index is -0.762. The second-order valence-electron chi connectivity index (χ2n) is 7.24. The Kier molecular flexibility index (Phi) is 6.66. The summed E-state index contributed by atoms with van der Waals surface area (Å²) in [7, 11) is 0. The first-order valence-corrected chi connectivity index (χ1v) is 9.54. The van der Waals surface area contributed by atoms with Crippen LogP contribution in [0.4, 0.5) is 0 Å². The van der Waals surface area contributed by atoms with Gasteiger partial charge in [-0.1, -0.05) is 60.7 Å².